The lowest BCUT2D eigenvalue weighted by Gasteiger charge is -2.29. The maximum atomic E-state index is 11.7. The van der Waals surface area contributed by atoms with E-state index in [9.17, 15) is 4.79 Å². The molecule has 1 aromatic heterocycles. The van der Waals surface area contributed by atoms with E-state index in [1.807, 2.05) is 18.2 Å². The molecule has 2 aromatic rings. The number of nitrogens with zero attached hydrogens (tertiary/aromatic N) is 3. The van der Waals surface area contributed by atoms with Gasteiger partial charge in [0, 0.05) is 18.5 Å². The zero-order valence-corrected chi connectivity index (χ0v) is 15.3. The van der Waals surface area contributed by atoms with Crippen LogP contribution in [-0.4, -0.2) is 55.3 Å². The summed E-state index contributed by atoms with van der Waals surface area (Å²) in [6.07, 6.45) is 1.69. The number of carbonyl (C=O) groups is 1. The molecule has 2 heterocycles. The van der Waals surface area contributed by atoms with E-state index in [1.165, 1.54) is 0 Å². The third-order valence-electron chi connectivity index (χ3n) is 4.67. The molecule has 1 saturated heterocycles. The number of rotatable bonds is 6. The Kier molecular flexibility index (Phi) is 5.72. The lowest BCUT2D eigenvalue weighted by Crippen LogP contribution is -2.39. The molecule has 1 N–H and O–H groups in total. The summed E-state index contributed by atoms with van der Waals surface area (Å²) in [6, 6.07) is 5.50. The van der Waals surface area contributed by atoms with Crippen molar-refractivity contribution in [2.75, 3.05) is 34.4 Å². The van der Waals surface area contributed by atoms with E-state index in [-0.39, 0.29) is 11.8 Å². The van der Waals surface area contributed by atoms with Crippen molar-refractivity contribution in [3.05, 3.63) is 24.1 Å². The summed E-state index contributed by atoms with van der Waals surface area (Å²) < 4.78 is 15.9. The number of hydrogen-bond donors (Lipinski definition) is 1. The molecule has 8 heteroatoms. The van der Waals surface area contributed by atoms with E-state index < -0.39 is 0 Å². The molecular formula is C18H24N4O4. The number of benzene rings is 1. The van der Waals surface area contributed by atoms with E-state index in [4.69, 9.17) is 14.0 Å². The van der Waals surface area contributed by atoms with Crippen LogP contribution in [0.3, 0.4) is 0 Å². The van der Waals surface area contributed by atoms with Crippen molar-refractivity contribution in [3.8, 4) is 22.9 Å². The fraction of sp³-hybridized carbons (Fsp3) is 0.500. The van der Waals surface area contributed by atoms with Crippen LogP contribution in [0.25, 0.3) is 11.4 Å². The third-order valence-corrected chi connectivity index (χ3v) is 4.67. The van der Waals surface area contributed by atoms with Crippen LogP contribution in [0.15, 0.2) is 22.7 Å². The van der Waals surface area contributed by atoms with Gasteiger partial charge in [-0.1, -0.05) is 5.16 Å². The van der Waals surface area contributed by atoms with E-state index >= 15 is 0 Å². The van der Waals surface area contributed by atoms with Gasteiger partial charge in [0.1, 0.15) is 0 Å². The van der Waals surface area contributed by atoms with E-state index in [0.717, 1.165) is 31.5 Å². The molecule has 0 unspecified atom stereocenters. The average Bonchev–Trinajstić information content (AvgIpc) is 3.15. The molecule has 1 amide bonds. The van der Waals surface area contributed by atoms with Crippen molar-refractivity contribution in [2.24, 2.45) is 5.92 Å². The molecule has 1 aromatic carbocycles. The predicted octanol–water partition coefficient (Wildman–Crippen LogP) is 1.71. The summed E-state index contributed by atoms with van der Waals surface area (Å²) in [7, 11) is 4.87. The molecule has 1 aliphatic heterocycles. The largest absolute Gasteiger partial charge is 0.493 e. The maximum absolute atomic E-state index is 11.7. The topological polar surface area (TPSA) is 89.7 Å². The van der Waals surface area contributed by atoms with Gasteiger partial charge >= 0.3 is 0 Å². The van der Waals surface area contributed by atoms with Crippen molar-refractivity contribution in [2.45, 2.75) is 19.4 Å². The molecule has 0 radical (unpaired) electrons. The molecule has 0 bridgehead atoms. The predicted molar refractivity (Wildman–Crippen MR) is 94.9 cm³/mol. The highest BCUT2D eigenvalue weighted by atomic mass is 16.5. The van der Waals surface area contributed by atoms with Crippen LogP contribution in [0.1, 0.15) is 18.7 Å². The fourth-order valence-electron chi connectivity index (χ4n) is 3.16. The van der Waals surface area contributed by atoms with Gasteiger partial charge in [-0.2, -0.15) is 4.98 Å². The van der Waals surface area contributed by atoms with Crippen LogP contribution < -0.4 is 14.8 Å². The lowest BCUT2D eigenvalue weighted by molar-refractivity contribution is -0.125. The second kappa shape index (κ2) is 8.18. The summed E-state index contributed by atoms with van der Waals surface area (Å²) in [5.74, 6) is 2.57. The molecule has 0 aliphatic carbocycles. The minimum absolute atomic E-state index is 0.0984. The Labute approximate surface area is 152 Å². The molecule has 0 atom stereocenters. The molecular weight excluding hydrogens is 336 g/mol. The van der Waals surface area contributed by atoms with Gasteiger partial charge < -0.3 is 19.3 Å². The minimum Gasteiger partial charge on any atom is -0.493 e. The Balaban J connectivity index is 1.63. The molecule has 140 valence electrons. The number of hydrogen-bond acceptors (Lipinski definition) is 7. The van der Waals surface area contributed by atoms with Crippen LogP contribution >= 0.6 is 0 Å². The first-order chi connectivity index (χ1) is 12.6. The normalized spacial score (nSPS) is 15.7. The number of likely N-dealkylation sites (tertiary alicyclic amines) is 1. The quantitative estimate of drug-likeness (QED) is 0.839. The smallest absolute Gasteiger partial charge is 0.241 e. The van der Waals surface area contributed by atoms with Gasteiger partial charge in [0.25, 0.3) is 0 Å². The van der Waals surface area contributed by atoms with Crippen molar-refractivity contribution in [1.82, 2.24) is 20.4 Å². The Morgan fingerprint density at radius 3 is 2.65 bits per heavy atom. The molecule has 1 fully saturated rings. The number of ether oxygens (including phenoxy) is 2. The maximum Gasteiger partial charge on any atom is 0.241 e. The standard InChI is InChI=1S/C18H24N4O4/c1-19-18(23)12-6-8-22(9-7-12)11-16-20-17(21-26-16)13-4-5-14(24-2)15(10-13)25-3/h4-5,10,12H,6-9,11H2,1-3H3,(H,19,23). The van der Waals surface area contributed by atoms with Crippen LogP contribution in [0, 0.1) is 5.92 Å². The zero-order chi connectivity index (χ0) is 18.5. The van der Waals surface area contributed by atoms with Crippen LogP contribution in [0.4, 0.5) is 0 Å². The third kappa shape index (κ3) is 3.96. The van der Waals surface area contributed by atoms with Crippen molar-refractivity contribution >= 4 is 5.91 Å². The number of piperidine rings is 1. The van der Waals surface area contributed by atoms with Gasteiger partial charge in [-0.05, 0) is 44.1 Å². The average molecular weight is 360 g/mol. The molecule has 1 aliphatic rings. The number of nitrogens with one attached hydrogen (secondary N) is 1. The second-order valence-electron chi connectivity index (χ2n) is 6.25. The van der Waals surface area contributed by atoms with Crippen LogP contribution in [0.5, 0.6) is 11.5 Å². The van der Waals surface area contributed by atoms with Crippen molar-refractivity contribution in [3.63, 3.8) is 0 Å². The first-order valence-corrected chi connectivity index (χ1v) is 8.63. The number of aromatic nitrogens is 2. The van der Waals surface area contributed by atoms with Crippen LogP contribution in [0.2, 0.25) is 0 Å². The van der Waals surface area contributed by atoms with Gasteiger partial charge in [-0.25, -0.2) is 0 Å². The molecule has 0 spiro atoms. The molecule has 3 rings (SSSR count). The summed E-state index contributed by atoms with van der Waals surface area (Å²) in [5.41, 5.74) is 0.802. The zero-order valence-electron chi connectivity index (χ0n) is 15.3. The second-order valence-corrected chi connectivity index (χ2v) is 6.25. The van der Waals surface area contributed by atoms with Gasteiger partial charge in [0.05, 0.1) is 20.8 Å². The SMILES string of the molecule is CNC(=O)C1CCN(Cc2nc(-c3ccc(OC)c(OC)c3)no2)CC1. The highest BCUT2D eigenvalue weighted by Gasteiger charge is 2.25. The number of carbonyl (C=O) groups excluding carboxylic acids is 1. The van der Waals surface area contributed by atoms with Crippen LogP contribution in [-0.2, 0) is 11.3 Å². The molecule has 26 heavy (non-hydrogen) atoms. The molecule has 0 saturated carbocycles. The van der Waals surface area contributed by atoms with E-state index in [1.54, 1.807) is 21.3 Å². The Morgan fingerprint density at radius 1 is 1.27 bits per heavy atom. The molecule has 8 nitrogen and oxygen atoms in total. The van der Waals surface area contributed by atoms with Crippen molar-refractivity contribution < 1.29 is 18.8 Å². The number of methoxy groups -OCH3 is 2. The summed E-state index contributed by atoms with van der Waals surface area (Å²) >= 11 is 0. The van der Waals surface area contributed by atoms with Crippen molar-refractivity contribution in [1.29, 1.82) is 0 Å². The fourth-order valence-corrected chi connectivity index (χ4v) is 3.16. The monoisotopic (exact) mass is 360 g/mol. The summed E-state index contributed by atoms with van der Waals surface area (Å²) in [4.78, 5) is 18.4. The highest BCUT2D eigenvalue weighted by Crippen LogP contribution is 2.31. The van der Waals surface area contributed by atoms with Gasteiger partial charge in [-0.15, -0.1) is 0 Å². The van der Waals surface area contributed by atoms with Gasteiger partial charge in [-0.3, -0.25) is 9.69 Å². The number of amides is 1. The Bertz CT molecular complexity index is 753. The highest BCUT2D eigenvalue weighted by molar-refractivity contribution is 5.78. The Hall–Kier alpha value is -2.61. The van der Waals surface area contributed by atoms with E-state index in [0.29, 0.717) is 29.8 Å². The lowest BCUT2D eigenvalue weighted by atomic mass is 9.96. The summed E-state index contributed by atoms with van der Waals surface area (Å²) in [5, 5.41) is 6.79. The summed E-state index contributed by atoms with van der Waals surface area (Å²) in [6.45, 7) is 2.26. The minimum atomic E-state index is 0.0984. The van der Waals surface area contributed by atoms with Gasteiger partial charge in [0.15, 0.2) is 11.5 Å². The van der Waals surface area contributed by atoms with E-state index in [2.05, 4.69) is 20.4 Å². The first kappa shape index (κ1) is 18.2. The van der Waals surface area contributed by atoms with Gasteiger partial charge in [0.2, 0.25) is 17.6 Å². The Morgan fingerprint density at radius 2 is 2.00 bits per heavy atom. The first-order valence-electron chi connectivity index (χ1n) is 8.63.